The van der Waals surface area contributed by atoms with Gasteiger partial charge >= 0.3 is 0 Å². The lowest BCUT2D eigenvalue weighted by atomic mass is 10.1. The fourth-order valence-corrected chi connectivity index (χ4v) is 4.11. The minimum Gasteiger partial charge on any atom is -0.493 e. The van der Waals surface area contributed by atoms with E-state index in [9.17, 15) is 4.79 Å². The standard InChI is InChI=1S/C20H26ClN3O3S/c1-3-9-27-18-16(21)10-14(11-17(18)26-2)19(25)23-20-22-15(13-28-20)12-24-7-5-4-6-8-24/h10-11,13H,3-9,12H2,1-2H3,(H,22,23,25). The Labute approximate surface area is 174 Å². The number of thiazole rings is 1. The molecule has 1 amide bonds. The summed E-state index contributed by atoms with van der Waals surface area (Å²) < 4.78 is 11.0. The summed E-state index contributed by atoms with van der Waals surface area (Å²) in [4.78, 5) is 19.6. The van der Waals surface area contributed by atoms with Crippen LogP contribution in [0.4, 0.5) is 5.13 Å². The van der Waals surface area contributed by atoms with Crippen molar-refractivity contribution in [3.8, 4) is 11.5 Å². The minimum absolute atomic E-state index is 0.277. The highest BCUT2D eigenvalue weighted by atomic mass is 35.5. The van der Waals surface area contributed by atoms with Gasteiger partial charge in [0, 0.05) is 17.5 Å². The predicted molar refractivity (Wildman–Crippen MR) is 113 cm³/mol. The molecule has 1 saturated heterocycles. The van der Waals surface area contributed by atoms with Crippen molar-refractivity contribution in [2.24, 2.45) is 0 Å². The van der Waals surface area contributed by atoms with Crippen molar-refractivity contribution in [3.63, 3.8) is 0 Å². The Balaban J connectivity index is 1.66. The summed E-state index contributed by atoms with van der Waals surface area (Å²) in [5.41, 5.74) is 1.39. The van der Waals surface area contributed by atoms with Gasteiger partial charge in [0.1, 0.15) is 0 Å². The van der Waals surface area contributed by atoms with E-state index in [0.29, 0.717) is 33.8 Å². The number of amides is 1. The quantitative estimate of drug-likeness (QED) is 0.658. The van der Waals surface area contributed by atoms with Gasteiger partial charge in [0.25, 0.3) is 5.91 Å². The van der Waals surface area contributed by atoms with E-state index in [-0.39, 0.29) is 5.91 Å². The molecule has 0 atom stereocenters. The topological polar surface area (TPSA) is 63.7 Å². The van der Waals surface area contributed by atoms with E-state index in [0.717, 1.165) is 31.7 Å². The minimum atomic E-state index is -0.277. The first kappa shape index (κ1) is 20.9. The van der Waals surface area contributed by atoms with E-state index in [1.807, 2.05) is 12.3 Å². The van der Waals surface area contributed by atoms with Gasteiger partial charge in [0.15, 0.2) is 16.6 Å². The average molecular weight is 424 g/mol. The first-order valence-electron chi connectivity index (χ1n) is 9.59. The SMILES string of the molecule is CCCOc1c(Cl)cc(C(=O)Nc2nc(CN3CCCCC3)cs2)cc1OC. The van der Waals surface area contributed by atoms with E-state index >= 15 is 0 Å². The molecule has 0 aliphatic carbocycles. The molecule has 3 rings (SSSR count). The molecule has 152 valence electrons. The Morgan fingerprint density at radius 2 is 2.11 bits per heavy atom. The molecule has 2 aromatic rings. The normalized spacial score (nSPS) is 14.7. The molecule has 1 aromatic carbocycles. The number of benzene rings is 1. The average Bonchev–Trinajstić information content (AvgIpc) is 3.13. The molecule has 0 unspecified atom stereocenters. The van der Waals surface area contributed by atoms with Gasteiger partial charge in [-0.1, -0.05) is 24.9 Å². The monoisotopic (exact) mass is 423 g/mol. The maximum atomic E-state index is 12.6. The van der Waals surface area contributed by atoms with Gasteiger partial charge in [-0.3, -0.25) is 15.0 Å². The number of hydrogen-bond acceptors (Lipinski definition) is 6. The maximum Gasteiger partial charge on any atom is 0.257 e. The summed E-state index contributed by atoms with van der Waals surface area (Å²) in [6.45, 7) is 5.60. The fourth-order valence-electron chi connectivity index (χ4n) is 3.15. The number of carbonyl (C=O) groups excluding carboxylic acids is 1. The number of aromatic nitrogens is 1. The van der Waals surface area contributed by atoms with Crippen LogP contribution in [0.1, 0.15) is 48.7 Å². The molecule has 1 aliphatic heterocycles. The van der Waals surface area contributed by atoms with Crippen LogP contribution in [-0.4, -0.2) is 42.6 Å². The molecule has 1 aromatic heterocycles. The first-order chi connectivity index (χ1) is 13.6. The Kier molecular flexibility index (Phi) is 7.53. The molecular formula is C20H26ClN3O3S. The van der Waals surface area contributed by atoms with Gasteiger partial charge < -0.3 is 9.47 Å². The third-order valence-corrected chi connectivity index (χ3v) is 5.64. The van der Waals surface area contributed by atoms with Crippen LogP contribution in [0.3, 0.4) is 0 Å². The van der Waals surface area contributed by atoms with Crippen LogP contribution < -0.4 is 14.8 Å². The van der Waals surface area contributed by atoms with Gasteiger partial charge in [-0.2, -0.15) is 0 Å². The predicted octanol–water partition coefficient (Wildman–Crippen LogP) is 4.83. The molecule has 1 fully saturated rings. The Hall–Kier alpha value is -1.83. The molecular weight excluding hydrogens is 398 g/mol. The Bertz CT molecular complexity index is 806. The molecule has 0 spiro atoms. The zero-order valence-corrected chi connectivity index (χ0v) is 17.9. The molecule has 2 heterocycles. The van der Waals surface area contributed by atoms with Crippen LogP contribution in [0.2, 0.25) is 5.02 Å². The highest BCUT2D eigenvalue weighted by molar-refractivity contribution is 7.14. The maximum absolute atomic E-state index is 12.6. The van der Waals surface area contributed by atoms with Gasteiger partial charge in [-0.05, 0) is 44.5 Å². The lowest BCUT2D eigenvalue weighted by Crippen LogP contribution is -2.29. The van der Waals surface area contributed by atoms with E-state index in [1.165, 1.54) is 37.7 Å². The smallest absolute Gasteiger partial charge is 0.257 e. The van der Waals surface area contributed by atoms with Gasteiger partial charge in [-0.15, -0.1) is 11.3 Å². The number of rotatable bonds is 8. The Morgan fingerprint density at radius 3 is 2.82 bits per heavy atom. The number of nitrogens with one attached hydrogen (secondary N) is 1. The highest BCUT2D eigenvalue weighted by Crippen LogP contribution is 2.36. The number of hydrogen-bond donors (Lipinski definition) is 1. The van der Waals surface area contributed by atoms with Crippen molar-refractivity contribution in [2.45, 2.75) is 39.2 Å². The van der Waals surface area contributed by atoms with Gasteiger partial charge in [-0.25, -0.2) is 4.98 Å². The van der Waals surface area contributed by atoms with Crippen molar-refractivity contribution >= 4 is 34.0 Å². The second-order valence-corrected chi connectivity index (χ2v) is 8.04. The number of ether oxygens (including phenoxy) is 2. The number of halogens is 1. The summed E-state index contributed by atoms with van der Waals surface area (Å²) in [6.07, 6.45) is 4.65. The number of likely N-dealkylation sites (tertiary alicyclic amines) is 1. The van der Waals surface area contributed by atoms with Crippen LogP contribution in [0.15, 0.2) is 17.5 Å². The fraction of sp³-hybridized carbons (Fsp3) is 0.500. The van der Waals surface area contributed by atoms with Crippen LogP contribution >= 0.6 is 22.9 Å². The van der Waals surface area contributed by atoms with Gasteiger partial charge in [0.05, 0.1) is 24.4 Å². The van der Waals surface area contributed by atoms with Crippen molar-refractivity contribution in [3.05, 3.63) is 33.8 Å². The Morgan fingerprint density at radius 1 is 1.32 bits per heavy atom. The number of carbonyl (C=O) groups is 1. The lowest BCUT2D eigenvalue weighted by molar-refractivity contribution is 0.102. The van der Waals surface area contributed by atoms with Crippen LogP contribution in [-0.2, 0) is 6.54 Å². The van der Waals surface area contributed by atoms with Crippen molar-refractivity contribution in [1.29, 1.82) is 0 Å². The second kappa shape index (κ2) is 10.1. The van der Waals surface area contributed by atoms with Crippen LogP contribution in [0.5, 0.6) is 11.5 Å². The van der Waals surface area contributed by atoms with E-state index in [2.05, 4.69) is 15.2 Å². The molecule has 8 heteroatoms. The third-order valence-electron chi connectivity index (χ3n) is 4.55. The third kappa shape index (κ3) is 5.37. The number of nitrogens with zero attached hydrogens (tertiary/aromatic N) is 2. The largest absolute Gasteiger partial charge is 0.493 e. The lowest BCUT2D eigenvalue weighted by Gasteiger charge is -2.25. The van der Waals surface area contributed by atoms with Gasteiger partial charge in [0.2, 0.25) is 0 Å². The molecule has 6 nitrogen and oxygen atoms in total. The number of anilines is 1. The highest BCUT2D eigenvalue weighted by Gasteiger charge is 2.18. The molecule has 1 N–H and O–H groups in total. The molecule has 0 radical (unpaired) electrons. The van der Waals surface area contributed by atoms with Crippen LogP contribution in [0, 0.1) is 0 Å². The summed E-state index contributed by atoms with van der Waals surface area (Å²) in [5.74, 6) is 0.623. The molecule has 1 aliphatic rings. The van der Waals surface area contributed by atoms with E-state index in [4.69, 9.17) is 21.1 Å². The second-order valence-electron chi connectivity index (χ2n) is 6.77. The molecule has 0 bridgehead atoms. The van der Waals surface area contributed by atoms with Crippen molar-refractivity contribution in [2.75, 3.05) is 32.1 Å². The summed E-state index contributed by atoms with van der Waals surface area (Å²) in [7, 11) is 1.53. The summed E-state index contributed by atoms with van der Waals surface area (Å²) >= 11 is 7.74. The van der Waals surface area contributed by atoms with Crippen LogP contribution in [0.25, 0.3) is 0 Å². The summed E-state index contributed by atoms with van der Waals surface area (Å²) in [6, 6.07) is 3.22. The van der Waals surface area contributed by atoms with E-state index in [1.54, 1.807) is 12.1 Å². The van der Waals surface area contributed by atoms with Crippen molar-refractivity contribution in [1.82, 2.24) is 9.88 Å². The van der Waals surface area contributed by atoms with E-state index < -0.39 is 0 Å². The molecule has 0 saturated carbocycles. The van der Waals surface area contributed by atoms with Crippen molar-refractivity contribution < 1.29 is 14.3 Å². The number of methoxy groups -OCH3 is 1. The zero-order chi connectivity index (χ0) is 19.9. The first-order valence-corrected chi connectivity index (χ1v) is 10.8. The zero-order valence-electron chi connectivity index (χ0n) is 16.3. The number of piperidine rings is 1. The summed E-state index contributed by atoms with van der Waals surface area (Å²) in [5, 5.41) is 5.78. The molecule has 28 heavy (non-hydrogen) atoms.